The number of H-pyrrole nitrogens is 1. The molecule has 1 aliphatic heterocycles. The lowest BCUT2D eigenvalue weighted by Gasteiger charge is -2.33. The second-order valence-electron chi connectivity index (χ2n) is 5.08. The maximum atomic E-state index is 11.8. The summed E-state index contributed by atoms with van der Waals surface area (Å²) in [7, 11) is 0. The molecular weight excluding hydrogens is 256 g/mol. The molecule has 2 heterocycles. The van der Waals surface area contributed by atoms with E-state index >= 15 is 0 Å². The molecule has 1 aromatic heterocycles. The third kappa shape index (κ3) is 3.94. The van der Waals surface area contributed by atoms with Crippen molar-refractivity contribution in [1.29, 1.82) is 0 Å². The summed E-state index contributed by atoms with van der Waals surface area (Å²) in [6, 6.07) is 0. The Morgan fingerprint density at radius 2 is 2.10 bits per heavy atom. The smallest absolute Gasteiger partial charge is 0.256 e. The van der Waals surface area contributed by atoms with Gasteiger partial charge >= 0.3 is 0 Å². The zero-order chi connectivity index (χ0) is 14.4. The SMILES string of the molecule is CCN1CCN(CCCNC(=O)c2cn[nH]c2N)CC1. The number of carbonyl (C=O) groups is 1. The Hall–Kier alpha value is -1.60. The lowest BCUT2D eigenvalue weighted by Crippen LogP contribution is -2.46. The third-order valence-corrected chi connectivity index (χ3v) is 3.76. The number of likely N-dealkylation sites (N-methyl/N-ethyl adjacent to an activating group) is 1. The van der Waals surface area contributed by atoms with Gasteiger partial charge in [0.2, 0.25) is 0 Å². The van der Waals surface area contributed by atoms with Gasteiger partial charge in [0.15, 0.2) is 0 Å². The van der Waals surface area contributed by atoms with Crippen LogP contribution in [0.15, 0.2) is 6.20 Å². The second-order valence-corrected chi connectivity index (χ2v) is 5.08. The molecule has 1 amide bonds. The number of rotatable bonds is 6. The van der Waals surface area contributed by atoms with Crippen LogP contribution in [0.4, 0.5) is 5.82 Å². The number of anilines is 1. The molecule has 0 aromatic carbocycles. The number of hydrogen-bond acceptors (Lipinski definition) is 5. The highest BCUT2D eigenvalue weighted by Gasteiger charge is 2.15. The van der Waals surface area contributed by atoms with E-state index in [0.29, 0.717) is 17.9 Å². The minimum atomic E-state index is -0.160. The number of piperazine rings is 1. The van der Waals surface area contributed by atoms with Gasteiger partial charge in [-0.05, 0) is 19.5 Å². The second kappa shape index (κ2) is 7.25. The average molecular weight is 280 g/mol. The van der Waals surface area contributed by atoms with E-state index in [0.717, 1.165) is 45.7 Å². The van der Waals surface area contributed by atoms with E-state index in [1.807, 2.05) is 0 Å². The first-order valence-electron chi connectivity index (χ1n) is 7.22. The number of aromatic amines is 1. The Labute approximate surface area is 119 Å². The first kappa shape index (κ1) is 14.8. The fraction of sp³-hybridized carbons (Fsp3) is 0.692. The highest BCUT2D eigenvalue weighted by atomic mass is 16.1. The van der Waals surface area contributed by atoms with Crippen molar-refractivity contribution in [3.8, 4) is 0 Å². The number of aromatic nitrogens is 2. The van der Waals surface area contributed by atoms with Crippen LogP contribution in [0.5, 0.6) is 0 Å². The predicted octanol–water partition coefficient (Wildman–Crippen LogP) is -0.251. The largest absolute Gasteiger partial charge is 0.383 e. The molecule has 2 rings (SSSR count). The fourth-order valence-corrected chi connectivity index (χ4v) is 2.41. The molecule has 4 N–H and O–H groups in total. The number of amides is 1. The van der Waals surface area contributed by atoms with Crippen LogP contribution in [-0.2, 0) is 0 Å². The average Bonchev–Trinajstić information content (AvgIpc) is 2.90. The van der Waals surface area contributed by atoms with E-state index in [-0.39, 0.29) is 5.91 Å². The van der Waals surface area contributed by atoms with Gasteiger partial charge in [0.05, 0.1) is 6.20 Å². The first-order chi connectivity index (χ1) is 9.70. The third-order valence-electron chi connectivity index (χ3n) is 3.76. The number of nitrogens with two attached hydrogens (primary N) is 1. The molecule has 0 bridgehead atoms. The minimum Gasteiger partial charge on any atom is -0.383 e. The molecule has 0 saturated carbocycles. The number of nitrogens with one attached hydrogen (secondary N) is 2. The molecule has 7 nitrogen and oxygen atoms in total. The molecule has 1 aromatic rings. The van der Waals surface area contributed by atoms with Crippen LogP contribution in [0.3, 0.4) is 0 Å². The van der Waals surface area contributed by atoms with Crippen LogP contribution < -0.4 is 11.1 Å². The highest BCUT2D eigenvalue weighted by Crippen LogP contribution is 2.05. The molecule has 1 fully saturated rings. The van der Waals surface area contributed by atoms with Gasteiger partial charge < -0.3 is 20.9 Å². The summed E-state index contributed by atoms with van der Waals surface area (Å²) < 4.78 is 0. The quantitative estimate of drug-likeness (QED) is 0.625. The van der Waals surface area contributed by atoms with Crippen LogP contribution in [0.1, 0.15) is 23.7 Å². The molecule has 1 aliphatic rings. The van der Waals surface area contributed by atoms with Gasteiger partial charge in [-0.3, -0.25) is 9.89 Å². The molecule has 0 spiro atoms. The maximum Gasteiger partial charge on any atom is 0.256 e. The topological polar surface area (TPSA) is 90.3 Å². The van der Waals surface area contributed by atoms with Crippen molar-refractivity contribution >= 4 is 11.7 Å². The van der Waals surface area contributed by atoms with Gasteiger partial charge in [0.1, 0.15) is 11.4 Å². The summed E-state index contributed by atoms with van der Waals surface area (Å²) in [6.07, 6.45) is 2.41. The molecular formula is C13H24N6O. The van der Waals surface area contributed by atoms with Crippen molar-refractivity contribution in [2.75, 3.05) is 51.5 Å². The van der Waals surface area contributed by atoms with Crippen molar-refractivity contribution in [1.82, 2.24) is 25.3 Å². The number of nitrogens with zero attached hydrogens (tertiary/aromatic N) is 3. The maximum absolute atomic E-state index is 11.8. The zero-order valence-electron chi connectivity index (χ0n) is 12.1. The van der Waals surface area contributed by atoms with Crippen LogP contribution in [0, 0.1) is 0 Å². The Kier molecular flexibility index (Phi) is 5.37. The van der Waals surface area contributed by atoms with E-state index in [4.69, 9.17) is 5.73 Å². The van der Waals surface area contributed by atoms with Gasteiger partial charge in [-0.2, -0.15) is 5.10 Å². The summed E-state index contributed by atoms with van der Waals surface area (Å²) in [5.41, 5.74) is 6.02. The van der Waals surface area contributed by atoms with Gasteiger partial charge in [-0.15, -0.1) is 0 Å². The zero-order valence-corrected chi connectivity index (χ0v) is 12.1. The molecule has 20 heavy (non-hydrogen) atoms. The van der Waals surface area contributed by atoms with E-state index in [2.05, 4.69) is 32.2 Å². The summed E-state index contributed by atoms with van der Waals surface area (Å²) in [6.45, 7) is 9.56. The lowest BCUT2D eigenvalue weighted by atomic mass is 10.2. The normalized spacial score (nSPS) is 17.2. The van der Waals surface area contributed by atoms with E-state index in [1.54, 1.807) is 0 Å². The summed E-state index contributed by atoms with van der Waals surface area (Å²) in [5, 5.41) is 9.16. The van der Waals surface area contributed by atoms with E-state index < -0.39 is 0 Å². The Balaban J connectivity index is 1.60. The van der Waals surface area contributed by atoms with Crippen molar-refractivity contribution in [2.24, 2.45) is 0 Å². The predicted molar refractivity (Wildman–Crippen MR) is 78.5 cm³/mol. The minimum absolute atomic E-state index is 0.160. The standard InChI is InChI=1S/C13H24N6O/c1-2-18-6-8-19(9-7-18)5-3-4-15-13(20)11-10-16-17-12(11)14/h10H,2-9H2,1H3,(H,15,20)(H3,14,16,17). The molecule has 0 radical (unpaired) electrons. The van der Waals surface area contributed by atoms with Crippen LogP contribution in [0.2, 0.25) is 0 Å². The lowest BCUT2D eigenvalue weighted by molar-refractivity contribution is 0.0949. The number of carbonyl (C=O) groups excluding carboxylic acids is 1. The molecule has 0 atom stereocenters. The Bertz CT molecular complexity index is 424. The van der Waals surface area contributed by atoms with Crippen LogP contribution >= 0.6 is 0 Å². The van der Waals surface area contributed by atoms with Crippen molar-refractivity contribution in [2.45, 2.75) is 13.3 Å². The van der Waals surface area contributed by atoms with Gasteiger partial charge in [0, 0.05) is 32.7 Å². The molecule has 112 valence electrons. The summed E-state index contributed by atoms with van der Waals surface area (Å²) in [5.74, 6) is 0.158. The first-order valence-corrected chi connectivity index (χ1v) is 7.22. The van der Waals surface area contributed by atoms with E-state index in [9.17, 15) is 4.79 Å². The van der Waals surface area contributed by atoms with Crippen LogP contribution in [-0.4, -0.2) is 71.7 Å². The Morgan fingerprint density at radius 3 is 2.70 bits per heavy atom. The van der Waals surface area contributed by atoms with Crippen molar-refractivity contribution < 1.29 is 4.79 Å². The Morgan fingerprint density at radius 1 is 1.40 bits per heavy atom. The van der Waals surface area contributed by atoms with E-state index in [1.165, 1.54) is 6.20 Å². The van der Waals surface area contributed by atoms with Gasteiger partial charge in [0.25, 0.3) is 5.91 Å². The monoisotopic (exact) mass is 280 g/mol. The summed E-state index contributed by atoms with van der Waals surface area (Å²) in [4.78, 5) is 16.7. The molecule has 0 aliphatic carbocycles. The fourth-order valence-electron chi connectivity index (χ4n) is 2.41. The number of hydrogen-bond donors (Lipinski definition) is 3. The molecule has 7 heteroatoms. The van der Waals surface area contributed by atoms with Gasteiger partial charge in [-0.25, -0.2) is 0 Å². The number of nitrogen functional groups attached to an aromatic ring is 1. The van der Waals surface area contributed by atoms with Crippen molar-refractivity contribution in [3.05, 3.63) is 11.8 Å². The molecule has 0 unspecified atom stereocenters. The van der Waals surface area contributed by atoms with Crippen LogP contribution in [0.25, 0.3) is 0 Å². The van der Waals surface area contributed by atoms with Crippen molar-refractivity contribution in [3.63, 3.8) is 0 Å². The molecule has 1 saturated heterocycles. The summed E-state index contributed by atoms with van der Waals surface area (Å²) >= 11 is 0. The van der Waals surface area contributed by atoms with Gasteiger partial charge in [-0.1, -0.05) is 6.92 Å². The highest BCUT2D eigenvalue weighted by molar-refractivity contribution is 5.97.